The van der Waals surface area contributed by atoms with Crippen LogP contribution in [0.3, 0.4) is 0 Å². The maximum absolute atomic E-state index is 12.3. The summed E-state index contributed by atoms with van der Waals surface area (Å²) in [5, 5.41) is 3.43. The maximum atomic E-state index is 12.3. The summed E-state index contributed by atoms with van der Waals surface area (Å²) in [6.07, 6.45) is 0.645. The minimum absolute atomic E-state index is 0.135. The number of benzene rings is 2. The molecule has 2 aromatic rings. The standard InChI is InChI=1S/C19H16BrClN2O3/c20-13-6-7-15-16(10-13)19(26)23(18(15)25)8-2-5-17(24)22-11-12-3-1-4-14(21)9-12/h1,3-4,6-7,9-10H,2,5,8,11H2,(H,22,24). The number of carbonyl (C=O) groups excluding carboxylic acids is 3. The molecule has 0 saturated carbocycles. The van der Waals surface area contributed by atoms with Crippen LogP contribution in [0.5, 0.6) is 0 Å². The molecule has 0 aromatic heterocycles. The first-order valence-corrected chi connectivity index (χ1v) is 9.29. The van der Waals surface area contributed by atoms with Crippen LogP contribution in [0.25, 0.3) is 0 Å². The van der Waals surface area contributed by atoms with Crippen LogP contribution < -0.4 is 5.32 Å². The van der Waals surface area contributed by atoms with Crippen molar-refractivity contribution < 1.29 is 14.4 Å². The van der Waals surface area contributed by atoms with Gasteiger partial charge in [0.05, 0.1) is 11.1 Å². The van der Waals surface area contributed by atoms with Crippen molar-refractivity contribution in [3.8, 4) is 0 Å². The van der Waals surface area contributed by atoms with E-state index >= 15 is 0 Å². The number of nitrogens with one attached hydrogen (secondary N) is 1. The largest absolute Gasteiger partial charge is 0.352 e. The Morgan fingerprint density at radius 1 is 1.08 bits per heavy atom. The van der Waals surface area contributed by atoms with Crippen molar-refractivity contribution in [3.05, 3.63) is 68.7 Å². The number of imide groups is 1. The lowest BCUT2D eigenvalue weighted by atomic mass is 10.1. The lowest BCUT2D eigenvalue weighted by Crippen LogP contribution is -2.32. The predicted molar refractivity (Wildman–Crippen MR) is 102 cm³/mol. The summed E-state index contributed by atoms with van der Waals surface area (Å²) in [5.74, 6) is -0.758. The van der Waals surface area contributed by atoms with Crippen molar-refractivity contribution >= 4 is 45.3 Å². The van der Waals surface area contributed by atoms with Crippen LogP contribution in [0.4, 0.5) is 0 Å². The Bertz CT molecular complexity index is 885. The smallest absolute Gasteiger partial charge is 0.261 e. The normalized spacial score (nSPS) is 13.1. The highest BCUT2D eigenvalue weighted by Gasteiger charge is 2.35. The zero-order valence-electron chi connectivity index (χ0n) is 13.8. The molecule has 1 aliphatic rings. The van der Waals surface area contributed by atoms with Gasteiger partial charge in [-0.05, 0) is 42.3 Å². The number of carbonyl (C=O) groups is 3. The summed E-state index contributed by atoms with van der Waals surface area (Å²) in [5.41, 5.74) is 1.72. The van der Waals surface area contributed by atoms with E-state index in [4.69, 9.17) is 11.6 Å². The number of fused-ring (bicyclic) bond motifs is 1. The first-order valence-electron chi connectivity index (χ1n) is 8.12. The molecule has 0 bridgehead atoms. The minimum atomic E-state index is -0.314. The zero-order chi connectivity index (χ0) is 18.7. The van der Waals surface area contributed by atoms with Crippen LogP contribution in [0.2, 0.25) is 5.02 Å². The Hall–Kier alpha value is -2.18. The van der Waals surface area contributed by atoms with Crippen molar-refractivity contribution in [3.63, 3.8) is 0 Å². The van der Waals surface area contributed by atoms with E-state index in [1.54, 1.807) is 30.3 Å². The summed E-state index contributed by atoms with van der Waals surface area (Å²) in [6, 6.07) is 12.3. The first-order chi connectivity index (χ1) is 12.5. The number of hydrogen-bond acceptors (Lipinski definition) is 3. The summed E-state index contributed by atoms with van der Waals surface area (Å²) in [6.45, 7) is 0.606. The van der Waals surface area contributed by atoms with Crippen LogP contribution in [-0.2, 0) is 11.3 Å². The summed E-state index contributed by atoms with van der Waals surface area (Å²) in [7, 11) is 0. The van der Waals surface area contributed by atoms with Crippen molar-refractivity contribution in [2.24, 2.45) is 0 Å². The van der Waals surface area contributed by atoms with Gasteiger partial charge in [0.15, 0.2) is 0 Å². The second kappa shape index (κ2) is 8.01. The van der Waals surface area contributed by atoms with Gasteiger partial charge in [0.25, 0.3) is 11.8 Å². The Morgan fingerprint density at radius 3 is 2.62 bits per heavy atom. The molecule has 1 aliphatic heterocycles. The molecule has 2 aromatic carbocycles. The van der Waals surface area contributed by atoms with Crippen LogP contribution in [-0.4, -0.2) is 29.2 Å². The molecule has 5 nitrogen and oxygen atoms in total. The monoisotopic (exact) mass is 434 g/mol. The van der Waals surface area contributed by atoms with Gasteiger partial charge in [-0.2, -0.15) is 0 Å². The quantitative estimate of drug-likeness (QED) is 0.702. The van der Waals surface area contributed by atoms with Crippen LogP contribution >= 0.6 is 27.5 Å². The van der Waals surface area contributed by atoms with Crippen LogP contribution in [0.15, 0.2) is 46.9 Å². The number of nitrogens with zero attached hydrogens (tertiary/aromatic N) is 1. The SMILES string of the molecule is O=C(CCCN1C(=O)c2ccc(Br)cc2C1=O)NCc1cccc(Cl)c1. The van der Waals surface area contributed by atoms with E-state index in [1.165, 1.54) is 4.90 Å². The van der Waals surface area contributed by atoms with E-state index in [0.717, 1.165) is 10.0 Å². The lowest BCUT2D eigenvalue weighted by molar-refractivity contribution is -0.121. The molecule has 0 radical (unpaired) electrons. The highest BCUT2D eigenvalue weighted by Crippen LogP contribution is 2.26. The van der Waals surface area contributed by atoms with Gasteiger partial charge in [0, 0.05) is 29.0 Å². The third kappa shape index (κ3) is 4.14. The molecule has 0 unspecified atom stereocenters. The summed E-state index contributed by atoms with van der Waals surface area (Å²) in [4.78, 5) is 37.8. The van der Waals surface area contributed by atoms with Crippen molar-refractivity contribution in [2.45, 2.75) is 19.4 Å². The Morgan fingerprint density at radius 2 is 1.85 bits per heavy atom. The number of halogens is 2. The maximum Gasteiger partial charge on any atom is 0.261 e. The van der Waals surface area contributed by atoms with Crippen molar-refractivity contribution in [2.75, 3.05) is 6.54 Å². The molecule has 0 aliphatic carbocycles. The molecule has 1 heterocycles. The number of hydrogen-bond donors (Lipinski definition) is 1. The highest BCUT2D eigenvalue weighted by atomic mass is 79.9. The molecule has 26 heavy (non-hydrogen) atoms. The molecule has 0 fully saturated rings. The molecule has 7 heteroatoms. The number of rotatable bonds is 6. The van der Waals surface area contributed by atoms with Gasteiger partial charge >= 0.3 is 0 Å². The molecular formula is C19H16BrClN2O3. The van der Waals surface area contributed by atoms with E-state index in [1.807, 2.05) is 12.1 Å². The lowest BCUT2D eigenvalue weighted by Gasteiger charge is -2.13. The molecule has 3 amide bonds. The molecule has 1 N–H and O–H groups in total. The topological polar surface area (TPSA) is 66.5 Å². The van der Waals surface area contributed by atoms with Crippen LogP contribution in [0.1, 0.15) is 39.1 Å². The van der Waals surface area contributed by atoms with Crippen molar-refractivity contribution in [1.29, 1.82) is 0 Å². The Labute approximate surface area is 164 Å². The zero-order valence-corrected chi connectivity index (χ0v) is 16.1. The van der Waals surface area contributed by atoms with Gasteiger partial charge in [0.2, 0.25) is 5.91 Å². The van der Waals surface area contributed by atoms with Gasteiger partial charge in [0.1, 0.15) is 0 Å². The minimum Gasteiger partial charge on any atom is -0.352 e. The van der Waals surface area contributed by atoms with Gasteiger partial charge < -0.3 is 5.32 Å². The molecule has 3 rings (SSSR count). The third-order valence-electron chi connectivity index (χ3n) is 4.10. The Kier molecular flexibility index (Phi) is 5.74. The Balaban J connectivity index is 1.48. The fraction of sp³-hybridized carbons (Fsp3) is 0.211. The van der Waals surface area contributed by atoms with E-state index < -0.39 is 0 Å². The first kappa shape index (κ1) is 18.6. The van der Waals surface area contributed by atoms with Gasteiger partial charge in [-0.15, -0.1) is 0 Å². The van der Waals surface area contributed by atoms with Crippen LogP contribution in [0, 0.1) is 0 Å². The molecule has 0 saturated heterocycles. The van der Waals surface area contributed by atoms with E-state index in [0.29, 0.717) is 29.1 Å². The van der Waals surface area contributed by atoms with E-state index in [2.05, 4.69) is 21.2 Å². The number of amides is 3. The second-order valence-corrected chi connectivity index (χ2v) is 7.31. The average molecular weight is 436 g/mol. The fourth-order valence-electron chi connectivity index (χ4n) is 2.80. The molecule has 134 valence electrons. The molecule has 0 atom stereocenters. The van der Waals surface area contributed by atoms with Gasteiger partial charge in [-0.1, -0.05) is 39.7 Å². The summed E-state index contributed by atoms with van der Waals surface area (Å²) < 4.78 is 0.750. The summed E-state index contributed by atoms with van der Waals surface area (Å²) >= 11 is 9.21. The fourth-order valence-corrected chi connectivity index (χ4v) is 3.37. The molecular weight excluding hydrogens is 420 g/mol. The van der Waals surface area contributed by atoms with Gasteiger partial charge in [-0.3, -0.25) is 19.3 Å². The van der Waals surface area contributed by atoms with E-state index in [-0.39, 0.29) is 30.7 Å². The predicted octanol–water partition coefficient (Wildman–Crippen LogP) is 3.80. The molecule has 0 spiro atoms. The van der Waals surface area contributed by atoms with E-state index in [9.17, 15) is 14.4 Å². The second-order valence-electron chi connectivity index (χ2n) is 5.96. The highest BCUT2D eigenvalue weighted by molar-refractivity contribution is 9.10. The average Bonchev–Trinajstić information content (AvgIpc) is 2.84. The van der Waals surface area contributed by atoms with Crippen molar-refractivity contribution in [1.82, 2.24) is 10.2 Å². The van der Waals surface area contributed by atoms with Gasteiger partial charge in [-0.25, -0.2) is 0 Å². The third-order valence-corrected chi connectivity index (χ3v) is 4.83.